The van der Waals surface area contributed by atoms with Crippen LogP contribution in [0.25, 0.3) is 0 Å². The molecule has 7 heteroatoms. The fraction of sp³-hybridized carbons (Fsp3) is 0.375. The molecule has 124 valence electrons. The van der Waals surface area contributed by atoms with Crippen LogP contribution < -0.4 is 4.74 Å². The van der Waals surface area contributed by atoms with Gasteiger partial charge in [-0.1, -0.05) is 0 Å². The molecule has 2 rings (SSSR count). The van der Waals surface area contributed by atoms with Crippen molar-refractivity contribution in [3.63, 3.8) is 0 Å². The molecule has 6 nitrogen and oxygen atoms in total. The van der Waals surface area contributed by atoms with E-state index in [4.69, 9.17) is 14.3 Å². The number of halogens is 1. The second kappa shape index (κ2) is 7.73. The first-order chi connectivity index (χ1) is 11.0. The van der Waals surface area contributed by atoms with Gasteiger partial charge in [-0.15, -0.1) is 0 Å². The van der Waals surface area contributed by atoms with E-state index in [9.17, 15) is 9.18 Å². The van der Waals surface area contributed by atoms with Crippen molar-refractivity contribution in [2.75, 3.05) is 13.7 Å². The topological polar surface area (TPSA) is 75.8 Å². The molecule has 0 radical (unpaired) electrons. The summed E-state index contributed by atoms with van der Waals surface area (Å²) in [4.78, 5) is 17.8. The molecule has 1 heterocycles. The Morgan fingerprint density at radius 2 is 2.13 bits per heavy atom. The second-order valence-corrected chi connectivity index (χ2v) is 5.15. The van der Waals surface area contributed by atoms with E-state index in [0.717, 1.165) is 0 Å². The predicted octanol–water partition coefficient (Wildman–Crippen LogP) is 2.24. The van der Waals surface area contributed by atoms with Crippen molar-refractivity contribution in [1.82, 2.24) is 9.88 Å². The minimum absolute atomic E-state index is 0.00830. The molecule has 1 N–H and O–H groups in total. The number of aliphatic hydroxyl groups excluding tert-OH is 1. The Morgan fingerprint density at radius 3 is 2.78 bits per heavy atom. The highest BCUT2D eigenvalue weighted by Gasteiger charge is 2.20. The van der Waals surface area contributed by atoms with Gasteiger partial charge in [-0.2, -0.15) is 0 Å². The zero-order valence-corrected chi connectivity index (χ0v) is 13.0. The first-order valence-electron chi connectivity index (χ1n) is 7.22. The zero-order chi connectivity index (χ0) is 16.8. The van der Waals surface area contributed by atoms with Crippen molar-refractivity contribution in [1.29, 1.82) is 0 Å². The lowest BCUT2D eigenvalue weighted by molar-refractivity contribution is 0.0716. The van der Waals surface area contributed by atoms with Gasteiger partial charge in [0, 0.05) is 19.7 Å². The molecule has 1 amide bonds. The zero-order valence-electron chi connectivity index (χ0n) is 13.0. The molecule has 0 fully saturated rings. The normalized spacial score (nSPS) is 12.0. The highest BCUT2D eigenvalue weighted by atomic mass is 19.1. The Hall–Kier alpha value is -2.41. The number of aromatic nitrogens is 1. The third-order valence-corrected chi connectivity index (χ3v) is 3.48. The molecule has 1 aromatic carbocycles. The molecule has 0 bridgehead atoms. The Labute approximate surface area is 133 Å². The van der Waals surface area contributed by atoms with E-state index in [1.165, 1.54) is 35.4 Å². The number of rotatable bonds is 7. The van der Waals surface area contributed by atoms with Gasteiger partial charge in [0.15, 0.2) is 12.3 Å². The Bertz CT molecular complexity index is 642. The van der Waals surface area contributed by atoms with Crippen molar-refractivity contribution in [3.8, 4) is 5.75 Å². The number of carbonyl (C=O) groups excluding carboxylic acids is 1. The van der Waals surface area contributed by atoms with Crippen LogP contribution >= 0.6 is 0 Å². The predicted molar refractivity (Wildman–Crippen MR) is 80.5 cm³/mol. The summed E-state index contributed by atoms with van der Waals surface area (Å²) in [6, 6.07) is 5.46. The molecule has 1 atom stereocenters. The van der Waals surface area contributed by atoms with Gasteiger partial charge in [-0.25, -0.2) is 9.37 Å². The lowest BCUT2D eigenvalue weighted by Crippen LogP contribution is -2.35. The Balaban J connectivity index is 1.94. The smallest absolute Gasteiger partial charge is 0.275 e. The van der Waals surface area contributed by atoms with Gasteiger partial charge in [0.05, 0.1) is 0 Å². The SMILES string of the molecule is C[C@@H](CCO)N(C)C(=O)c1coc(COc2ccc(F)cc2)n1. The fourth-order valence-electron chi connectivity index (χ4n) is 1.91. The molecular formula is C16H19FN2O4. The maximum atomic E-state index is 12.8. The summed E-state index contributed by atoms with van der Waals surface area (Å²) in [5.41, 5.74) is 0.176. The lowest BCUT2D eigenvalue weighted by Gasteiger charge is -2.23. The van der Waals surface area contributed by atoms with E-state index < -0.39 is 0 Å². The van der Waals surface area contributed by atoms with Gasteiger partial charge >= 0.3 is 0 Å². The summed E-state index contributed by atoms with van der Waals surface area (Å²) in [5, 5.41) is 8.93. The van der Waals surface area contributed by atoms with Crippen LogP contribution in [0.4, 0.5) is 4.39 Å². The maximum Gasteiger partial charge on any atom is 0.275 e. The summed E-state index contributed by atoms with van der Waals surface area (Å²) >= 11 is 0. The number of hydrogen-bond donors (Lipinski definition) is 1. The van der Waals surface area contributed by atoms with E-state index in [1.54, 1.807) is 7.05 Å². The highest BCUT2D eigenvalue weighted by molar-refractivity contribution is 5.92. The van der Waals surface area contributed by atoms with Gasteiger partial charge in [0.2, 0.25) is 5.89 Å². The van der Waals surface area contributed by atoms with Crippen LogP contribution in [0, 0.1) is 5.82 Å². The van der Waals surface area contributed by atoms with Crippen molar-refractivity contribution in [3.05, 3.63) is 47.9 Å². The minimum atomic E-state index is -0.346. The molecule has 0 aliphatic rings. The number of amides is 1. The fourth-order valence-corrected chi connectivity index (χ4v) is 1.91. The van der Waals surface area contributed by atoms with Crippen LogP contribution in [-0.2, 0) is 6.61 Å². The number of nitrogens with zero attached hydrogens (tertiary/aromatic N) is 2. The lowest BCUT2D eigenvalue weighted by atomic mass is 10.2. The van der Waals surface area contributed by atoms with Crippen LogP contribution in [0.5, 0.6) is 5.75 Å². The highest BCUT2D eigenvalue weighted by Crippen LogP contribution is 2.14. The summed E-state index contributed by atoms with van der Waals surface area (Å²) < 4.78 is 23.4. The van der Waals surface area contributed by atoms with Crippen LogP contribution in [-0.4, -0.2) is 40.6 Å². The number of hydrogen-bond acceptors (Lipinski definition) is 5. The van der Waals surface area contributed by atoms with Gasteiger partial charge in [0.25, 0.3) is 5.91 Å². The van der Waals surface area contributed by atoms with E-state index >= 15 is 0 Å². The van der Waals surface area contributed by atoms with Gasteiger partial charge < -0.3 is 19.2 Å². The number of carbonyl (C=O) groups is 1. The molecule has 2 aromatic rings. The quantitative estimate of drug-likeness (QED) is 0.846. The van der Waals surface area contributed by atoms with Crippen LogP contribution in [0.2, 0.25) is 0 Å². The molecular weight excluding hydrogens is 303 g/mol. The molecule has 23 heavy (non-hydrogen) atoms. The Morgan fingerprint density at radius 1 is 1.43 bits per heavy atom. The maximum absolute atomic E-state index is 12.8. The van der Waals surface area contributed by atoms with E-state index in [0.29, 0.717) is 12.2 Å². The Kier molecular flexibility index (Phi) is 5.70. The number of ether oxygens (including phenoxy) is 1. The van der Waals surface area contributed by atoms with E-state index in [-0.39, 0.29) is 42.6 Å². The number of benzene rings is 1. The first-order valence-corrected chi connectivity index (χ1v) is 7.22. The van der Waals surface area contributed by atoms with E-state index in [2.05, 4.69) is 4.98 Å². The van der Waals surface area contributed by atoms with Crippen molar-refractivity contribution in [2.45, 2.75) is 26.0 Å². The molecule has 0 aliphatic carbocycles. The van der Waals surface area contributed by atoms with E-state index in [1.807, 2.05) is 6.92 Å². The molecule has 0 spiro atoms. The first kappa shape index (κ1) is 17.0. The summed E-state index contributed by atoms with van der Waals surface area (Å²) in [5.74, 6) is 0.0937. The van der Waals surface area contributed by atoms with Crippen molar-refractivity contribution < 1.29 is 23.4 Å². The standard InChI is InChI=1S/C16H19FN2O4/c1-11(7-8-20)19(2)16(21)14-9-23-15(18-14)10-22-13-5-3-12(17)4-6-13/h3-6,9,11,20H,7-8,10H2,1-2H3/t11-/m0/s1. The third-order valence-electron chi connectivity index (χ3n) is 3.48. The van der Waals surface area contributed by atoms with Gasteiger partial charge in [-0.3, -0.25) is 4.79 Å². The number of oxazole rings is 1. The van der Waals surface area contributed by atoms with Crippen molar-refractivity contribution >= 4 is 5.91 Å². The summed E-state index contributed by atoms with van der Waals surface area (Å²) in [6.07, 6.45) is 1.76. The number of aliphatic hydroxyl groups is 1. The summed E-state index contributed by atoms with van der Waals surface area (Å²) in [6.45, 7) is 1.88. The second-order valence-electron chi connectivity index (χ2n) is 5.15. The summed E-state index contributed by atoms with van der Waals surface area (Å²) in [7, 11) is 1.64. The van der Waals surface area contributed by atoms with Gasteiger partial charge in [-0.05, 0) is 37.6 Å². The van der Waals surface area contributed by atoms with Crippen LogP contribution in [0.15, 0.2) is 34.9 Å². The molecule has 1 aromatic heterocycles. The molecule has 0 saturated carbocycles. The van der Waals surface area contributed by atoms with Crippen LogP contribution in [0.3, 0.4) is 0 Å². The largest absolute Gasteiger partial charge is 0.484 e. The van der Waals surface area contributed by atoms with Crippen molar-refractivity contribution in [2.24, 2.45) is 0 Å². The van der Waals surface area contributed by atoms with Crippen LogP contribution in [0.1, 0.15) is 29.7 Å². The van der Waals surface area contributed by atoms with Gasteiger partial charge in [0.1, 0.15) is 17.8 Å². The monoisotopic (exact) mass is 322 g/mol. The molecule has 0 saturated heterocycles. The third kappa shape index (κ3) is 4.53. The molecule has 0 aliphatic heterocycles. The molecule has 0 unspecified atom stereocenters. The minimum Gasteiger partial charge on any atom is -0.484 e. The average molecular weight is 322 g/mol. The average Bonchev–Trinajstić information content (AvgIpc) is 3.02.